The van der Waals surface area contributed by atoms with Crippen molar-refractivity contribution >= 4 is 11.9 Å². The van der Waals surface area contributed by atoms with Crippen LogP contribution in [0.15, 0.2) is 0 Å². The first kappa shape index (κ1) is 21.0. The van der Waals surface area contributed by atoms with Gasteiger partial charge in [-0.15, -0.1) is 0 Å². The van der Waals surface area contributed by atoms with E-state index in [1.807, 2.05) is 0 Å². The number of hydrogen-bond donors (Lipinski definition) is 3. The fraction of sp³-hybridized carbons (Fsp3) is 0.875. The van der Waals surface area contributed by atoms with Crippen LogP contribution in [0.2, 0.25) is 0 Å². The number of ether oxygens (including phenoxy) is 5. The highest BCUT2D eigenvalue weighted by Gasteiger charge is 2.56. The van der Waals surface area contributed by atoms with Crippen molar-refractivity contribution in [2.75, 3.05) is 20.8 Å². The van der Waals surface area contributed by atoms with Crippen LogP contribution in [0.3, 0.4) is 0 Å². The van der Waals surface area contributed by atoms with E-state index in [0.29, 0.717) is 0 Å². The zero-order chi connectivity index (χ0) is 19.7. The average Bonchev–Trinajstić information content (AvgIpc) is 2.94. The number of carbonyl (C=O) groups excluding carboxylic acids is 2. The number of aliphatic hydroxyl groups is 2. The molecule has 2 heterocycles. The Morgan fingerprint density at radius 3 is 2.38 bits per heavy atom. The summed E-state index contributed by atoms with van der Waals surface area (Å²) in [5.74, 6) is -4.10. The van der Waals surface area contributed by atoms with Crippen LogP contribution in [0, 0.1) is 0 Å². The summed E-state index contributed by atoms with van der Waals surface area (Å²) in [4.78, 5) is 23.7. The lowest BCUT2D eigenvalue weighted by Gasteiger charge is -2.46. The van der Waals surface area contributed by atoms with Gasteiger partial charge in [0.2, 0.25) is 5.91 Å². The summed E-state index contributed by atoms with van der Waals surface area (Å²) in [6.45, 7) is 4.73. The summed E-state index contributed by atoms with van der Waals surface area (Å²) in [6, 6.07) is -0.984. The second-order valence-electron chi connectivity index (χ2n) is 6.89. The minimum absolute atomic E-state index is 0.0785. The Morgan fingerprint density at radius 1 is 1.27 bits per heavy atom. The van der Waals surface area contributed by atoms with Crippen LogP contribution in [0.1, 0.15) is 27.2 Å². The zero-order valence-corrected chi connectivity index (χ0v) is 15.6. The highest BCUT2D eigenvalue weighted by atomic mass is 16.8. The Hall–Kier alpha value is -1.30. The number of amides is 1. The minimum atomic E-state index is -1.91. The Morgan fingerprint density at radius 2 is 1.92 bits per heavy atom. The first-order valence-electron chi connectivity index (χ1n) is 8.31. The van der Waals surface area contributed by atoms with Crippen LogP contribution < -0.4 is 5.32 Å². The van der Waals surface area contributed by atoms with Crippen molar-refractivity contribution in [3.8, 4) is 0 Å². The molecular weight excluding hydrogens is 350 g/mol. The summed E-state index contributed by atoms with van der Waals surface area (Å²) in [5, 5.41) is 23.9. The molecule has 10 nitrogen and oxygen atoms in total. The highest BCUT2D eigenvalue weighted by molar-refractivity contribution is 5.78. The third-order valence-electron chi connectivity index (χ3n) is 4.52. The number of esters is 1. The molecule has 0 aromatic carbocycles. The van der Waals surface area contributed by atoms with Gasteiger partial charge in [-0.3, -0.25) is 4.79 Å². The van der Waals surface area contributed by atoms with Gasteiger partial charge >= 0.3 is 5.97 Å². The summed E-state index contributed by atoms with van der Waals surface area (Å²) in [6.07, 6.45) is -4.82. The first-order chi connectivity index (χ1) is 12.0. The number of methoxy groups -OCH3 is 2. The van der Waals surface area contributed by atoms with Gasteiger partial charge in [0.1, 0.15) is 18.3 Å². The molecule has 2 aliphatic rings. The number of hydrogen-bond acceptors (Lipinski definition) is 9. The Labute approximate surface area is 151 Å². The van der Waals surface area contributed by atoms with Crippen molar-refractivity contribution in [2.24, 2.45) is 0 Å². The second-order valence-corrected chi connectivity index (χ2v) is 6.89. The van der Waals surface area contributed by atoms with E-state index in [1.165, 1.54) is 14.0 Å². The summed E-state index contributed by atoms with van der Waals surface area (Å²) in [7, 11) is 2.38. The molecule has 2 fully saturated rings. The molecule has 1 unspecified atom stereocenters. The van der Waals surface area contributed by atoms with Crippen LogP contribution in [-0.4, -0.2) is 84.9 Å². The predicted molar refractivity (Wildman–Crippen MR) is 85.8 cm³/mol. The smallest absolute Gasteiger partial charge is 0.366 e. The molecular formula is C16H27NO9. The van der Waals surface area contributed by atoms with Crippen molar-refractivity contribution in [3.05, 3.63) is 0 Å². The largest absolute Gasteiger partial charge is 0.465 e. The highest BCUT2D eigenvalue weighted by Crippen LogP contribution is 2.35. The number of rotatable bonds is 5. The van der Waals surface area contributed by atoms with Gasteiger partial charge in [0, 0.05) is 20.5 Å². The van der Waals surface area contributed by atoms with E-state index in [9.17, 15) is 19.8 Å². The fourth-order valence-corrected chi connectivity index (χ4v) is 3.25. The van der Waals surface area contributed by atoms with E-state index < -0.39 is 53.9 Å². The minimum Gasteiger partial charge on any atom is -0.465 e. The van der Waals surface area contributed by atoms with Gasteiger partial charge in [0.05, 0.1) is 25.9 Å². The van der Waals surface area contributed by atoms with E-state index in [2.05, 4.69) is 5.32 Å². The number of aliphatic hydroxyl groups excluding tert-OH is 2. The first-order valence-corrected chi connectivity index (χ1v) is 8.31. The predicted octanol–water partition coefficient (Wildman–Crippen LogP) is -1.33. The molecule has 2 rings (SSSR count). The monoisotopic (exact) mass is 377 g/mol. The molecule has 3 N–H and O–H groups in total. The van der Waals surface area contributed by atoms with Gasteiger partial charge < -0.3 is 39.2 Å². The summed E-state index contributed by atoms with van der Waals surface area (Å²) < 4.78 is 26.7. The Balaban J connectivity index is 2.31. The van der Waals surface area contributed by atoms with Gasteiger partial charge in [-0.2, -0.15) is 0 Å². The third kappa shape index (κ3) is 4.16. The Bertz CT molecular complexity index is 540. The summed E-state index contributed by atoms with van der Waals surface area (Å²) in [5.41, 5.74) is 0. The van der Waals surface area contributed by atoms with Gasteiger partial charge in [0.25, 0.3) is 5.79 Å². The quantitative estimate of drug-likeness (QED) is 0.498. The molecule has 0 radical (unpaired) electrons. The lowest BCUT2D eigenvalue weighted by molar-refractivity contribution is -0.305. The molecule has 26 heavy (non-hydrogen) atoms. The van der Waals surface area contributed by atoms with Crippen molar-refractivity contribution in [1.29, 1.82) is 0 Å². The van der Waals surface area contributed by atoms with Gasteiger partial charge in [-0.05, 0) is 13.8 Å². The van der Waals surface area contributed by atoms with Crippen molar-refractivity contribution in [1.82, 2.24) is 5.32 Å². The van der Waals surface area contributed by atoms with Crippen molar-refractivity contribution in [2.45, 2.75) is 69.2 Å². The molecule has 0 spiro atoms. The zero-order valence-electron chi connectivity index (χ0n) is 15.6. The molecule has 2 aliphatic heterocycles. The normalized spacial score (nSPS) is 37.8. The molecule has 0 saturated carbocycles. The van der Waals surface area contributed by atoms with Gasteiger partial charge in [0.15, 0.2) is 5.79 Å². The van der Waals surface area contributed by atoms with Crippen LogP contribution >= 0.6 is 0 Å². The van der Waals surface area contributed by atoms with Crippen molar-refractivity contribution in [3.63, 3.8) is 0 Å². The molecule has 0 aliphatic carbocycles. The van der Waals surface area contributed by atoms with E-state index >= 15 is 0 Å². The maximum absolute atomic E-state index is 12.2. The van der Waals surface area contributed by atoms with Gasteiger partial charge in [-0.1, -0.05) is 0 Å². The van der Waals surface area contributed by atoms with Gasteiger partial charge in [-0.25, -0.2) is 4.79 Å². The average molecular weight is 377 g/mol. The maximum atomic E-state index is 12.2. The van der Waals surface area contributed by atoms with E-state index in [1.54, 1.807) is 13.8 Å². The lowest BCUT2D eigenvalue weighted by Crippen LogP contribution is -2.67. The standard InChI is InChI=1S/C16H27NO9/c1-8(18)17-11-9(19)6-16(23-5,14(21)22-4)26-13(11)12(20)10-7-24-15(2,3)25-10/h9-13,19-20H,6-7H2,1-5H3,(H,17,18)/t9-,10-,11-,12-,13?,16+/m1/s1. The molecule has 1 amide bonds. The van der Waals surface area contributed by atoms with E-state index in [-0.39, 0.29) is 13.0 Å². The molecule has 0 bridgehead atoms. The van der Waals surface area contributed by atoms with E-state index in [0.717, 1.165) is 7.11 Å². The van der Waals surface area contributed by atoms with Crippen LogP contribution in [0.5, 0.6) is 0 Å². The number of carbonyl (C=O) groups is 2. The van der Waals surface area contributed by atoms with Crippen molar-refractivity contribution < 1.29 is 43.5 Å². The van der Waals surface area contributed by atoms with Crippen LogP contribution in [0.25, 0.3) is 0 Å². The molecule has 6 atom stereocenters. The molecule has 0 aromatic heterocycles. The molecule has 0 aromatic rings. The van der Waals surface area contributed by atoms with Crippen LogP contribution in [-0.2, 0) is 33.3 Å². The molecule has 10 heteroatoms. The Kier molecular flexibility index (Phi) is 6.26. The third-order valence-corrected chi connectivity index (χ3v) is 4.52. The maximum Gasteiger partial charge on any atom is 0.366 e. The SMILES string of the molecule is COC(=O)[C@]1(OC)C[C@@H](O)[C@@H](NC(C)=O)C([C@H](O)[C@H]2COC(C)(C)O2)O1. The summed E-state index contributed by atoms with van der Waals surface area (Å²) >= 11 is 0. The number of nitrogens with one attached hydrogen (secondary N) is 1. The topological polar surface area (TPSA) is 133 Å². The fourth-order valence-electron chi connectivity index (χ4n) is 3.25. The van der Waals surface area contributed by atoms with Crippen LogP contribution in [0.4, 0.5) is 0 Å². The lowest BCUT2D eigenvalue weighted by atomic mass is 9.88. The molecule has 150 valence electrons. The molecule has 2 saturated heterocycles. The van der Waals surface area contributed by atoms with E-state index in [4.69, 9.17) is 23.7 Å². The second kappa shape index (κ2) is 7.75.